The molecule has 3 rings (SSSR count). The molecular formula is C24H24N4O4. The molecule has 0 atom stereocenters. The molecule has 1 aliphatic rings. The molecule has 2 amide bonds. The van der Waals surface area contributed by atoms with Gasteiger partial charge < -0.3 is 19.3 Å². The SMILES string of the molecule is N#Cc1ccc(OCCCN2CCN(CCCOc3cccc(C#N)c3)C(=O)C2=O)cc1. The van der Waals surface area contributed by atoms with Gasteiger partial charge in [-0.1, -0.05) is 6.07 Å². The number of piperazine rings is 1. The van der Waals surface area contributed by atoms with Gasteiger partial charge in [0, 0.05) is 26.2 Å². The van der Waals surface area contributed by atoms with Gasteiger partial charge in [0.1, 0.15) is 11.5 Å². The third kappa shape index (κ3) is 6.23. The lowest BCUT2D eigenvalue weighted by atomic mass is 10.2. The van der Waals surface area contributed by atoms with E-state index in [0.717, 1.165) is 0 Å². The van der Waals surface area contributed by atoms with E-state index in [1.807, 2.05) is 0 Å². The second-order valence-corrected chi connectivity index (χ2v) is 7.26. The molecule has 1 heterocycles. The Hall–Kier alpha value is -4.04. The van der Waals surface area contributed by atoms with Gasteiger partial charge in [0.25, 0.3) is 0 Å². The highest BCUT2D eigenvalue weighted by atomic mass is 16.5. The monoisotopic (exact) mass is 432 g/mol. The Labute approximate surface area is 187 Å². The molecule has 0 spiro atoms. The van der Waals surface area contributed by atoms with Crippen LogP contribution in [0.4, 0.5) is 0 Å². The summed E-state index contributed by atoms with van der Waals surface area (Å²) in [6, 6.07) is 17.8. The minimum absolute atomic E-state index is 0.392. The third-order valence-corrected chi connectivity index (χ3v) is 5.03. The molecule has 1 fully saturated rings. The first kappa shape index (κ1) is 22.6. The summed E-state index contributed by atoms with van der Waals surface area (Å²) in [5.41, 5.74) is 1.10. The van der Waals surface area contributed by atoms with Gasteiger partial charge in [-0.15, -0.1) is 0 Å². The Bertz CT molecular complexity index is 1020. The number of carbonyl (C=O) groups excluding carboxylic acids is 2. The first-order valence-electron chi connectivity index (χ1n) is 10.4. The fourth-order valence-electron chi connectivity index (χ4n) is 3.31. The lowest BCUT2D eigenvalue weighted by Crippen LogP contribution is -2.54. The highest BCUT2D eigenvalue weighted by Gasteiger charge is 2.31. The molecule has 2 aromatic rings. The molecule has 8 heteroatoms. The van der Waals surface area contributed by atoms with E-state index in [4.69, 9.17) is 20.0 Å². The zero-order valence-electron chi connectivity index (χ0n) is 17.7. The Kier molecular flexibility index (Phi) is 8.05. The highest BCUT2D eigenvalue weighted by molar-refractivity contribution is 6.35. The number of benzene rings is 2. The largest absolute Gasteiger partial charge is 0.494 e. The second kappa shape index (κ2) is 11.4. The van der Waals surface area contributed by atoms with Gasteiger partial charge in [-0.3, -0.25) is 9.59 Å². The van der Waals surface area contributed by atoms with Gasteiger partial charge >= 0.3 is 11.8 Å². The zero-order valence-corrected chi connectivity index (χ0v) is 17.7. The number of ether oxygens (including phenoxy) is 2. The summed E-state index contributed by atoms with van der Waals surface area (Å²) in [6.07, 6.45) is 1.20. The Balaban J connectivity index is 1.34. The van der Waals surface area contributed by atoms with Crippen LogP contribution in [0.25, 0.3) is 0 Å². The van der Waals surface area contributed by atoms with Gasteiger partial charge in [0.2, 0.25) is 0 Å². The molecule has 8 nitrogen and oxygen atoms in total. The molecule has 1 aliphatic heterocycles. The average molecular weight is 432 g/mol. The van der Waals surface area contributed by atoms with Crippen LogP contribution in [0.3, 0.4) is 0 Å². The number of nitrogens with zero attached hydrogens (tertiary/aromatic N) is 4. The Morgan fingerprint density at radius 1 is 0.750 bits per heavy atom. The Morgan fingerprint density at radius 3 is 1.88 bits per heavy atom. The summed E-state index contributed by atoms with van der Waals surface area (Å²) < 4.78 is 11.2. The number of rotatable bonds is 10. The van der Waals surface area contributed by atoms with Gasteiger partial charge in [-0.25, -0.2) is 0 Å². The van der Waals surface area contributed by atoms with Crippen molar-refractivity contribution >= 4 is 11.8 Å². The van der Waals surface area contributed by atoms with Crippen LogP contribution in [0.2, 0.25) is 0 Å². The molecule has 32 heavy (non-hydrogen) atoms. The molecule has 0 bridgehead atoms. The summed E-state index contributed by atoms with van der Waals surface area (Å²) in [5, 5.41) is 17.7. The van der Waals surface area contributed by atoms with Crippen LogP contribution in [-0.4, -0.2) is 61.0 Å². The number of hydrogen-bond donors (Lipinski definition) is 0. The van der Waals surface area contributed by atoms with Crippen LogP contribution in [0, 0.1) is 22.7 Å². The molecule has 164 valence electrons. The molecule has 0 aromatic heterocycles. The summed E-state index contributed by atoms with van der Waals surface area (Å²) in [7, 11) is 0. The maximum absolute atomic E-state index is 12.4. The molecule has 1 saturated heterocycles. The number of carbonyl (C=O) groups is 2. The van der Waals surface area contributed by atoms with Crippen molar-refractivity contribution in [2.45, 2.75) is 12.8 Å². The molecule has 0 radical (unpaired) electrons. The van der Waals surface area contributed by atoms with E-state index >= 15 is 0 Å². The van der Waals surface area contributed by atoms with Gasteiger partial charge in [-0.2, -0.15) is 10.5 Å². The van der Waals surface area contributed by atoms with Crippen molar-refractivity contribution in [3.8, 4) is 23.6 Å². The van der Waals surface area contributed by atoms with Gasteiger partial charge in [-0.05, 0) is 55.3 Å². The second-order valence-electron chi connectivity index (χ2n) is 7.26. The van der Waals surface area contributed by atoms with Crippen molar-refractivity contribution < 1.29 is 19.1 Å². The van der Waals surface area contributed by atoms with E-state index in [0.29, 0.717) is 74.9 Å². The quantitative estimate of drug-likeness (QED) is 0.421. The normalized spacial score (nSPS) is 13.4. The van der Waals surface area contributed by atoms with E-state index < -0.39 is 11.8 Å². The molecule has 0 saturated carbocycles. The average Bonchev–Trinajstić information content (AvgIpc) is 2.83. The van der Waals surface area contributed by atoms with E-state index in [2.05, 4.69) is 12.1 Å². The van der Waals surface area contributed by atoms with Crippen molar-refractivity contribution in [3.05, 3.63) is 59.7 Å². The minimum Gasteiger partial charge on any atom is -0.494 e. The predicted molar refractivity (Wildman–Crippen MR) is 116 cm³/mol. The molecule has 2 aromatic carbocycles. The minimum atomic E-state index is -0.490. The topological polar surface area (TPSA) is 107 Å². The summed E-state index contributed by atoms with van der Waals surface area (Å²) in [6.45, 7) is 2.68. The van der Waals surface area contributed by atoms with Crippen LogP contribution >= 0.6 is 0 Å². The molecule has 0 aliphatic carbocycles. The van der Waals surface area contributed by atoms with Crippen LogP contribution in [0.15, 0.2) is 48.5 Å². The predicted octanol–water partition coefficient (Wildman–Crippen LogP) is 2.34. The lowest BCUT2D eigenvalue weighted by Gasteiger charge is -2.33. The number of nitriles is 2. The van der Waals surface area contributed by atoms with Crippen molar-refractivity contribution in [1.29, 1.82) is 10.5 Å². The van der Waals surface area contributed by atoms with Crippen LogP contribution in [0.1, 0.15) is 24.0 Å². The molecule has 0 unspecified atom stereocenters. The molecular weight excluding hydrogens is 408 g/mol. The third-order valence-electron chi connectivity index (χ3n) is 5.03. The first-order chi connectivity index (χ1) is 15.6. The zero-order chi connectivity index (χ0) is 22.8. The summed E-state index contributed by atoms with van der Waals surface area (Å²) >= 11 is 0. The van der Waals surface area contributed by atoms with Crippen LogP contribution < -0.4 is 9.47 Å². The lowest BCUT2D eigenvalue weighted by molar-refractivity contribution is -0.156. The standard InChI is InChI=1S/C24H24N4O4/c25-17-19-6-8-21(9-7-19)31-14-2-10-27-12-13-28(24(30)23(27)29)11-3-15-32-22-5-1-4-20(16-22)18-26/h1,4-9,16H,2-3,10-15H2. The van der Waals surface area contributed by atoms with E-state index in [1.165, 1.54) is 0 Å². The van der Waals surface area contributed by atoms with Crippen LogP contribution in [0.5, 0.6) is 11.5 Å². The van der Waals surface area contributed by atoms with E-state index in [1.54, 1.807) is 58.3 Å². The van der Waals surface area contributed by atoms with Crippen molar-refractivity contribution in [2.24, 2.45) is 0 Å². The van der Waals surface area contributed by atoms with Crippen molar-refractivity contribution in [3.63, 3.8) is 0 Å². The van der Waals surface area contributed by atoms with E-state index in [9.17, 15) is 9.59 Å². The van der Waals surface area contributed by atoms with E-state index in [-0.39, 0.29) is 0 Å². The first-order valence-corrected chi connectivity index (χ1v) is 10.4. The maximum Gasteiger partial charge on any atom is 0.312 e. The number of hydrogen-bond acceptors (Lipinski definition) is 6. The maximum atomic E-state index is 12.4. The van der Waals surface area contributed by atoms with Gasteiger partial charge in [0.05, 0.1) is 36.5 Å². The van der Waals surface area contributed by atoms with Crippen molar-refractivity contribution in [2.75, 3.05) is 39.4 Å². The molecule has 0 N–H and O–H groups in total. The van der Waals surface area contributed by atoms with Crippen LogP contribution in [-0.2, 0) is 9.59 Å². The summed E-state index contributed by atoms with van der Waals surface area (Å²) in [5.74, 6) is 0.297. The Morgan fingerprint density at radius 2 is 1.31 bits per heavy atom. The van der Waals surface area contributed by atoms with Gasteiger partial charge in [0.15, 0.2) is 0 Å². The van der Waals surface area contributed by atoms with Crippen molar-refractivity contribution in [1.82, 2.24) is 9.80 Å². The highest BCUT2D eigenvalue weighted by Crippen LogP contribution is 2.14. The summed E-state index contributed by atoms with van der Waals surface area (Å²) in [4.78, 5) is 27.9. The fraction of sp³-hybridized carbons (Fsp3) is 0.333. The fourth-order valence-corrected chi connectivity index (χ4v) is 3.31. The number of amides is 2. The smallest absolute Gasteiger partial charge is 0.312 e.